The number of aromatic amines is 1. The fourth-order valence-electron chi connectivity index (χ4n) is 2.00. The predicted molar refractivity (Wildman–Crippen MR) is 79.1 cm³/mol. The third kappa shape index (κ3) is 2.80. The van der Waals surface area contributed by atoms with Crippen molar-refractivity contribution in [3.05, 3.63) is 46.3 Å². The zero-order valence-corrected chi connectivity index (χ0v) is 11.4. The Balaban J connectivity index is 1.66. The fraction of sp³-hybridized carbons (Fsp3) is 0.143. The van der Waals surface area contributed by atoms with Crippen LogP contribution in [0.25, 0.3) is 10.9 Å². The topological polar surface area (TPSA) is 78.0 Å². The van der Waals surface area contributed by atoms with Crippen molar-refractivity contribution in [2.24, 2.45) is 0 Å². The van der Waals surface area contributed by atoms with Gasteiger partial charge >= 0.3 is 5.97 Å². The molecule has 1 aromatic carbocycles. The monoisotopic (exact) mass is 287 g/mol. The Morgan fingerprint density at radius 2 is 2.15 bits per heavy atom. The summed E-state index contributed by atoms with van der Waals surface area (Å²) in [5.74, 6) is -0.795. The second kappa shape index (κ2) is 5.34. The van der Waals surface area contributed by atoms with Gasteiger partial charge < -0.3 is 10.4 Å². The number of H-pyrrole nitrogens is 1. The van der Waals surface area contributed by atoms with Gasteiger partial charge in [0, 0.05) is 27.4 Å². The zero-order valence-electron chi connectivity index (χ0n) is 10.6. The second-order valence-electron chi connectivity index (χ2n) is 4.46. The lowest BCUT2D eigenvalue weighted by molar-refractivity contribution is -0.136. The van der Waals surface area contributed by atoms with Gasteiger partial charge in [-0.05, 0) is 30.3 Å². The van der Waals surface area contributed by atoms with E-state index in [4.69, 9.17) is 5.11 Å². The maximum absolute atomic E-state index is 10.6. The Kier molecular flexibility index (Phi) is 3.39. The summed E-state index contributed by atoms with van der Waals surface area (Å²) in [6.07, 6.45) is 1.88. The first-order valence-electron chi connectivity index (χ1n) is 6.17. The van der Waals surface area contributed by atoms with Gasteiger partial charge in [0.2, 0.25) is 0 Å². The van der Waals surface area contributed by atoms with Gasteiger partial charge in [0.05, 0.1) is 18.1 Å². The van der Waals surface area contributed by atoms with E-state index in [2.05, 4.69) is 15.5 Å². The normalized spacial score (nSPS) is 10.8. The van der Waals surface area contributed by atoms with Crippen molar-refractivity contribution < 1.29 is 9.90 Å². The summed E-state index contributed by atoms with van der Waals surface area (Å²) in [7, 11) is 0. The number of fused-ring (bicyclic) bond motifs is 1. The number of hydrogen-bond acceptors (Lipinski definition) is 4. The van der Waals surface area contributed by atoms with Crippen LogP contribution in [0.4, 0.5) is 5.69 Å². The minimum Gasteiger partial charge on any atom is -0.481 e. The smallest absolute Gasteiger partial charge is 0.308 e. The van der Waals surface area contributed by atoms with Gasteiger partial charge in [-0.2, -0.15) is 5.10 Å². The number of hydrogen-bond donors (Lipinski definition) is 3. The number of aliphatic carboxylic acids is 1. The summed E-state index contributed by atoms with van der Waals surface area (Å²) in [5.41, 5.74) is 2.00. The zero-order chi connectivity index (χ0) is 13.9. The summed E-state index contributed by atoms with van der Waals surface area (Å²) in [5, 5.41) is 20.1. The summed E-state index contributed by atoms with van der Waals surface area (Å²) < 4.78 is 0. The molecule has 0 aliphatic carbocycles. The summed E-state index contributed by atoms with van der Waals surface area (Å²) in [6, 6.07) is 9.85. The van der Waals surface area contributed by atoms with E-state index >= 15 is 0 Å². The number of rotatable bonds is 5. The second-order valence-corrected chi connectivity index (χ2v) is 5.72. The van der Waals surface area contributed by atoms with E-state index in [1.54, 1.807) is 6.20 Å². The molecule has 2 aromatic heterocycles. The first-order chi connectivity index (χ1) is 9.70. The van der Waals surface area contributed by atoms with Crippen molar-refractivity contribution in [2.45, 2.75) is 13.0 Å². The molecule has 0 aliphatic rings. The van der Waals surface area contributed by atoms with Crippen LogP contribution in [0.2, 0.25) is 0 Å². The van der Waals surface area contributed by atoms with Crippen molar-refractivity contribution in [1.82, 2.24) is 10.2 Å². The maximum Gasteiger partial charge on any atom is 0.308 e. The molecule has 0 unspecified atom stereocenters. The Morgan fingerprint density at radius 1 is 1.30 bits per heavy atom. The van der Waals surface area contributed by atoms with Gasteiger partial charge in [-0.15, -0.1) is 11.3 Å². The van der Waals surface area contributed by atoms with Crippen LogP contribution in [0.5, 0.6) is 0 Å². The number of nitrogens with zero attached hydrogens (tertiary/aromatic N) is 1. The largest absolute Gasteiger partial charge is 0.481 e. The average molecular weight is 287 g/mol. The maximum atomic E-state index is 10.6. The number of thiophene rings is 1. The molecular weight excluding hydrogens is 274 g/mol. The third-order valence-electron chi connectivity index (χ3n) is 2.95. The lowest BCUT2D eigenvalue weighted by Crippen LogP contribution is -1.98. The van der Waals surface area contributed by atoms with Crippen LogP contribution in [-0.4, -0.2) is 21.3 Å². The molecule has 0 spiro atoms. The van der Waals surface area contributed by atoms with Crippen LogP contribution >= 0.6 is 11.3 Å². The summed E-state index contributed by atoms with van der Waals surface area (Å²) in [6.45, 7) is 0.684. The van der Waals surface area contributed by atoms with Gasteiger partial charge in [0.15, 0.2) is 0 Å². The van der Waals surface area contributed by atoms with Crippen LogP contribution in [0.15, 0.2) is 36.5 Å². The van der Waals surface area contributed by atoms with E-state index < -0.39 is 5.97 Å². The number of carbonyl (C=O) groups is 1. The highest BCUT2D eigenvalue weighted by Crippen LogP contribution is 2.20. The highest BCUT2D eigenvalue weighted by atomic mass is 32.1. The predicted octanol–water partition coefficient (Wildman–Crippen LogP) is 2.86. The van der Waals surface area contributed by atoms with E-state index in [1.165, 1.54) is 11.3 Å². The molecule has 0 aliphatic heterocycles. The molecule has 3 aromatic rings. The van der Waals surface area contributed by atoms with Crippen LogP contribution in [0.1, 0.15) is 9.75 Å². The van der Waals surface area contributed by atoms with E-state index in [1.807, 2.05) is 30.3 Å². The molecule has 0 amide bonds. The van der Waals surface area contributed by atoms with Crippen LogP contribution in [-0.2, 0) is 17.8 Å². The first kappa shape index (κ1) is 12.7. The number of nitrogens with one attached hydrogen (secondary N) is 2. The van der Waals surface area contributed by atoms with Gasteiger partial charge in [-0.3, -0.25) is 9.89 Å². The average Bonchev–Trinajstić information content (AvgIpc) is 3.03. The Bertz CT molecular complexity index is 748. The standard InChI is InChI=1S/C14H13N3O2S/c18-14(19)6-11-3-4-12(20-11)8-15-10-2-1-9-7-16-17-13(9)5-10/h1-5,7,15H,6,8H2,(H,16,17)(H,18,19). The molecule has 3 rings (SSSR count). The SMILES string of the molecule is O=C(O)Cc1ccc(CNc2ccc3cn[nH]c3c2)s1. The summed E-state index contributed by atoms with van der Waals surface area (Å²) >= 11 is 1.52. The molecule has 102 valence electrons. The quantitative estimate of drug-likeness (QED) is 0.674. The highest BCUT2D eigenvalue weighted by Gasteiger charge is 2.05. The molecule has 0 atom stereocenters. The van der Waals surface area contributed by atoms with Crippen LogP contribution in [0, 0.1) is 0 Å². The van der Waals surface area contributed by atoms with Crippen molar-refractivity contribution in [3.8, 4) is 0 Å². The molecule has 0 saturated heterocycles. The molecule has 0 radical (unpaired) electrons. The van der Waals surface area contributed by atoms with Crippen LogP contribution in [0.3, 0.4) is 0 Å². The molecule has 20 heavy (non-hydrogen) atoms. The van der Waals surface area contributed by atoms with E-state index in [0.717, 1.165) is 26.3 Å². The molecule has 0 fully saturated rings. The Morgan fingerprint density at radius 3 is 3.00 bits per heavy atom. The molecule has 5 nitrogen and oxygen atoms in total. The molecular formula is C14H13N3O2S. The number of aromatic nitrogens is 2. The van der Waals surface area contributed by atoms with Gasteiger partial charge in [-0.25, -0.2) is 0 Å². The van der Waals surface area contributed by atoms with E-state index in [0.29, 0.717) is 6.54 Å². The summed E-state index contributed by atoms with van der Waals surface area (Å²) in [4.78, 5) is 12.6. The minimum atomic E-state index is -0.795. The Labute approximate surface area is 119 Å². The van der Waals surface area contributed by atoms with Gasteiger partial charge in [0.1, 0.15) is 0 Å². The van der Waals surface area contributed by atoms with Crippen molar-refractivity contribution in [1.29, 1.82) is 0 Å². The minimum absolute atomic E-state index is 0.0881. The van der Waals surface area contributed by atoms with Crippen molar-refractivity contribution >= 4 is 33.9 Å². The number of benzene rings is 1. The highest BCUT2D eigenvalue weighted by molar-refractivity contribution is 7.12. The third-order valence-corrected chi connectivity index (χ3v) is 4.04. The van der Waals surface area contributed by atoms with Crippen molar-refractivity contribution in [3.63, 3.8) is 0 Å². The number of carboxylic acids is 1. The fourth-order valence-corrected chi connectivity index (χ4v) is 2.95. The lowest BCUT2D eigenvalue weighted by atomic mass is 10.2. The molecule has 0 bridgehead atoms. The first-order valence-corrected chi connectivity index (χ1v) is 6.99. The molecule has 0 saturated carbocycles. The van der Waals surface area contributed by atoms with Gasteiger partial charge in [0.25, 0.3) is 0 Å². The number of anilines is 1. The van der Waals surface area contributed by atoms with Crippen molar-refractivity contribution in [2.75, 3.05) is 5.32 Å². The van der Waals surface area contributed by atoms with Gasteiger partial charge in [-0.1, -0.05) is 0 Å². The lowest BCUT2D eigenvalue weighted by Gasteiger charge is -2.04. The molecule has 2 heterocycles. The van der Waals surface area contributed by atoms with Crippen LogP contribution < -0.4 is 5.32 Å². The van der Waals surface area contributed by atoms with E-state index in [9.17, 15) is 4.79 Å². The number of carboxylic acid groups (broad SMARTS) is 1. The Hall–Kier alpha value is -2.34. The molecule has 6 heteroatoms. The molecule has 3 N–H and O–H groups in total. The van der Waals surface area contributed by atoms with E-state index in [-0.39, 0.29) is 6.42 Å².